The molecule has 2 heteroatoms. The Morgan fingerprint density at radius 3 is 2.32 bits per heavy atom. The van der Waals surface area contributed by atoms with Crippen LogP contribution in [0.1, 0.15) is 36.9 Å². The van der Waals surface area contributed by atoms with Crippen LogP contribution in [0.2, 0.25) is 0 Å². The summed E-state index contributed by atoms with van der Waals surface area (Å²) < 4.78 is 0. The zero-order chi connectivity index (χ0) is 17.5. The van der Waals surface area contributed by atoms with Crippen LogP contribution in [-0.2, 0) is 0 Å². The highest BCUT2D eigenvalue weighted by molar-refractivity contribution is 5.86. The van der Waals surface area contributed by atoms with E-state index in [-0.39, 0.29) is 0 Å². The fraction of sp³-hybridized carbons (Fsp3) is 0.304. The van der Waals surface area contributed by atoms with Gasteiger partial charge in [-0.2, -0.15) is 0 Å². The van der Waals surface area contributed by atoms with Gasteiger partial charge in [-0.1, -0.05) is 79.7 Å². The predicted octanol–water partition coefficient (Wildman–Crippen LogP) is 4.88. The van der Waals surface area contributed by atoms with Crippen molar-refractivity contribution in [1.29, 1.82) is 0 Å². The first-order valence-electron chi connectivity index (χ1n) is 9.22. The van der Waals surface area contributed by atoms with Crippen molar-refractivity contribution in [2.75, 3.05) is 19.6 Å². The molecule has 3 aromatic carbocycles. The van der Waals surface area contributed by atoms with Crippen LogP contribution in [0.4, 0.5) is 0 Å². The Balaban J connectivity index is 1.46. The van der Waals surface area contributed by atoms with E-state index in [2.05, 4.69) is 97.3 Å². The van der Waals surface area contributed by atoms with Crippen LogP contribution in [0.5, 0.6) is 0 Å². The Morgan fingerprint density at radius 1 is 0.760 bits per heavy atom. The quantitative estimate of drug-likeness (QED) is 0.574. The predicted molar refractivity (Wildman–Crippen MR) is 108 cm³/mol. The van der Waals surface area contributed by atoms with Gasteiger partial charge in [0.05, 0.1) is 0 Å². The molecular weight excluding hydrogens is 304 g/mol. The maximum Gasteiger partial charge on any atom is 0.0298 e. The Hall–Kier alpha value is -2.16. The first-order valence-corrected chi connectivity index (χ1v) is 9.22. The summed E-state index contributed by atoms with van der Waals surface area (Å²) in [7, 11) is 0. The first-order chi connectivity index (χ1) is 12.3. The molecular formula is C23H28N2. The maximum atomic E-state index is 3.64. The van der Waals surface area contributed by atoms with Crippen LogP contribution in [0.15, 0.2) is 72.8 Å². The average molecular weight is 332 g/mol. The minimum atomic E-state index is 0.347. The summed E-state index contributed by atoms with van der Waals surface area (Å²) >= 11 is 0. The largest absolute Gasteiger partial charge is 0.315 e. The fourth-order valence-electron chi connectivity index (χ4n) is 3.33. The lowest BCUT2D eigenvalue weighted by molar-refractivity contribution is 0.535. The molecule has 2 N–H and O–H groups in total. The zero-order valence-corrected chi connectivity index (χ0v) is 15.2. The minimum Gasteiger partial charge on any atom is -0.315 e. The molecule has 0 aliphatic heterocycles. The van der Waals surface area contributed by atoms with Gasteiger partial charge in [0.2, 0.25) is 0 Å². The van der Waals surface area contributed by atoms with E-state index in [9.17, 15) is 0 Å². The monoisotopic (exact) mass is 332 g/mol. The Morgan fingerprint density at radius 2 is 1.48 bits per heavy atom. The zero-order valence-electron chi connectivity index (χ0n) is 15.2. The summed E-state index contributed by atoms with van der Waals surface area (Å²) in [4.78, 5) is 0. The first kappa shape index (κ1) is 17.7. The van der Waals surface area contributed by atoms with Crippen LogP contribution in [0.3, 0.4) is 0 Å². The van der Waals surface area contributed by atoms with Crippen molar-refractivity contribution in [3.05, 3.63) is 83.9 Å². The van der Waals surface area contributed by atoms with Gasteiger partial charge in [0.1, 0.15) is 0 Å². The lowest BCUT2D eigenvalue weighted by atomic mass is 10.00. The smallest absolute Gasteiger partial charge is 0.0298 e. The van der Waals surface area contributed by atoms with Gasteiger partial charge >= 0.3 is 0 Å². The van der Waals surface area contributed by atoms with Crippen LogP contribution in [0, 0.1) is 0 Å². The summed E-state index contributed by atoms with van der Waals surface area (Å²) in [5.74, 6) is 0.539. The SMILES string of the molecule is C[C@H](CNCCN[C@H](C)c1cccc2ccccc12)c1ccccc1. The van der Waals surface area contributed by atoms with Crippen molar-refractivity contribution >= 4 is 10.8 Å². The molecule has 0 saturated heterocycles. The number of fused-ring (bicyclic) bond motifs is 1. The molecule has 0 aromatic heterocycles. The van der Waals surface area contributed by atoms with Gasteiger partial charge in [-0.25, -0.2) is 0 Å². The van der Waals surface area contributed by atoms with Crippen LogP contribution in [-0.4, -0.2) is 19.6 Å². The van der Waals surface area contributed by atoms with E-state index in [1.165, 1.54) is 21.9 Å². The molecule has 0 saturated carbocycles. The second-order valence-corrected chi connectivity index (χ2v) is 6.76. The standard InChI is InChI=1S/C23H28N2/c1-18(20-9-4-3-5-10-20)17-24-15-16-25-19(2)22-14-8-12-21-11-6-7-13-23(21)22/h3-14,18-19,24-25H,15-17H2,1-2H3/t18-,19-/m1/s1. The highest BCUT2D eigenvalue weighted by Gasteiger charge is 2.08. The van der Waals surface area contributed by atoms with E-state index < -0.39 is 0 Å². The molecule has 2 atom stereocenters. The molecule has 25 heavy (non-hydrogen) atoms. The molecule has 0 amide bonds. The molecule has 3 aromatic rings. The molecule has 0 spiro atoms. The lowest BCUT2D eigenvalue weighted by Gasteiger charge is -2.18. The topological polar surface area (TPSA) is 24.1 Å². The molecule has 130 valence electrons. The molecule has 0 aliphatic carbocycles. The second kappa shape index (κ2) is 8.80. The highest BCUT2D eigenvalue weighted by atomic mass is 15.0. The van der Waals surface area contributed by atoms with Crippen molar-refractivity contribution < 1.29 is 0 Å². The van der Waals surface area contributed by atoms with Crippen molar-refractivity contribution in [3.8, 4) is 0 Å². The summed E-state index contributed by atoms with van der Waals surface area (Å²) in [6, 6.07) is 26.2. The van der Waals surface area contributed by atoms with Crippen molar-refractivity contribution in [2.24, 2.45) is 0 Å². The summed E-state index contributed by atoms with van der Waals surface area (Å²) in [5, 5.41) is 9.86. The van der Waals surface area contributed by atoms with E-state index in [1.807, 2.05) is 0 Å². The van der Waals surface area contributed by atoms with Crippen molar-refractivity contribution in [3.63, 3.8) is 0 Å². The number of hydrogen-bond acceptors (Lipinski definition) is 2. The van der Waals surface area contributed by atoms with Gasteiger partial charge in [0.15, 0.2) is 0 Å². The Kier molecular flexibility index (Phi) is 6.21. The Labute approximate surface area is 151 Å². The van der Waals surface area contributed by atoms with Crippen molar-refractivity contribution in [2.45, 2.75) is 25.8 Å². The summed E-state index contributed by atoms with van der Waals surface area (Å²) in [5.41, 5.74) is 2.77. The highest BCUT2D eigenvalue weighted by Crippen LogP contribution is 2.23. The number of nitrogens with one attached hydrogen (secondary N) is 2. The van der Waals surface area contributed by atoms with Gasteiger partial charge in [-0.05, 0) is 34.7 Å². The normalized spacial score (nSPS) is 13.7. The number of rotatable bonds is 8. The third kappa shape index (κ3) is 4.68. The van der Waals surface area contributed by atoms with Crippen LogP contribution >= 0.6 is 0 Å². The van der Waals surface area contributed by atoms with E-state index in [0.29, 0.717) is 12.0 Å². The fourth-order valence-corrected chi connectivity index (χ4v) is 3.33. The number of hydrogen-bond donors (Lipinski definition) is 2. The maximum absolute atomic E-state index is 3.64. The van der Waals surface area contributed by atoms with Crippen LogP contribution in [0.25, 0.3) is 10.8 Å². The van der Waals surface area contributed by atoms with E-state index in [1.54, 1.807) is 0 Å². The molecule has 2 nitrogen and oxygen atoms in total. The van der Waals surface area contributed by atoms with Crippen molar-refractivity contribution in [1.82, 2.24) is 10.6 Å². The van der Waals surface area contributed by atoms with Crippen LogP contribution < -0.4 is 10.6 Å². The summed E-state index contributed by atoms with van der Waals surface area (Å²) in [6.07, 6.45) is 0. The molecule has 0 unspecified atom stereocenters. The second-order valence-electron chi connectivity index (χ2n) is 6.76. The molecule has 0 bridgehead atoms. The van der Waals surface area contributed by atoms with Gasteiger partial charge in [0.25, 0.3) is 0 Å². The Bertz CT molecular complexity index is 777. The molecule has 0 heterocycles. The molecule has 0 radical (unpaired) electrons. The molecule has 3 rings (SSSR count). The lowest BCUT2D eigenvalue weighted by Crippen LogP contribution is -2.31. The van der Waals surface area contributed by atoms with E-state index in [0.717, 1.165) is 19.6 Å². The van der Waals surface area contributed by atoms with Gasteiger partial charge in [-0.15, -0.1) is 0 Å². The third-order valence-electron chi connectivity index (χ3n) is 4.86. The van der Waals surface area contributed by atoms with Gasteiger partial charge in [0, 0.05) is 25.7 Å². The van der Waals surface area contributed by atoms with Gasteiger partial charge in [-0.3, -0.25) is 0 Å². The average Bonchev–Trinajstić information content (AvgIpc) is 2.67. The number of benzene rings is 3. The van der Waals surface area contributed by atoms with E-state index >= 15 is 0 Å². The van der Waals surface area contributed by atoms with Gasteiger partial charge < -0.3 is 10.6 Å². The molecule has 0 fully saturated rings. The molecule has 0 aliphatic rings. The van der Waals surface area contributed by atoms with E-state index in [4.69, 9.17) is 0 Å². The minimum absolute atomic E-state index is 0.347. The summed E-state index contributed by atoms with van der Waals surface area (Å²) in [6.45, 7) is 7.47. The third-order valence-corrected chi connectivity index (χ3v) is 4.86.